The molecule has 0 aromatic carbocycles. The smallest absolute Gasteiger partial charge is 0.186 e. The first-order chi connectivity index (χ1) is 3.66. The summed E-state index contributed by atoms with van der Waals surface area (Å²) in [5, 5.41) is 8.37. The highest BCUT2D eigenvalue weighted by molar-refractivity contribution is 5.85. The molecule has 0 saturated heterocycles. The number of nitrogens with zero attached hydrogens (tertiary/aromatic N) is 1. The predicted octanol–water partition coefficient (Wildman–Crippen LogP) is -0.938. The molecular formula is C4H12ClN3O. The van der Waals surface area contributed by atoms with Gasteiger partial charge in [-0.25, -0.2) is 4.99 Å². The van der Waals surface area contributed by atoms with E-state index in [1.54, 1.807) is 6.92 Å². The van der Waals surface area contributed by atoms with Gasteiger partial charge >= 0.3 is 0 Å². The average Bonchev–Trinajstić information content (AvgIpc) is 1.65. The lowest BCUT2D eigenvalue weighted by molar-refractivity contribution is 0.274. The summed E-state index contributed by atoms with van der Waals surface area (Å²) in [6.07, 6.45) is 0. The highest BCUT2D eigenvalue weighted by atomic mass is 35.5. The first-order valence-corrected chi connectivity index (χ1v) is 2.36. The summed E-state index contributed by atoms with van der Waals surface area (Å²) >= 11 is 0. The Morgan fingerprint density at radius 2 is 2.11 bits per heavy atom. The van der Waals surface area contributed by atoms with Crippen LogP contribution in [0.2, 0.25) is 0 Å². The van der Waals surface area contributed by atoms with Crippen molar-refractivity contribution in [1.29, 1.82) is 0 Å². The molecule has 0 amide bonds. The van der Waals surface area contributed by atoms with Gasteiger partial charge in [0.25, 0.3) is 0 Å². The van der Waals surface area contributed by atoms with E-state index in [1.807, 2.05) is 0 Å². The molecule has 1 atom stereocenters. The van der Waals surface area contributed by atoms with Crippen LogP contribution < -0.4 is 11.5 Å². The fourth-order valence-electron chi connectivity index (χ4n) is 0.295. The number of rotatable bonds is 2. The van der Waals surface area contributed by atoms with Gasteiger partial charge < -0.3 is 16.6 Å². The molecule has 0 fully saturated rings. The lowest BCUT2D eigenvalue weighted by Gasteiger charge is -1.98. The molecule has 5 heteroatoms. The molecule has 0 aromatic rings. The Balaban J connectivity index is 0. The Bertz CT molecular complexity index is 91.8. The number of hydrogen-bond acceptors (Lipinski definition) is 2. The second-order valence-electron chi connectivity index (χ2n) is 1.59. The third-order valence-corrected chi connectivity index (χ3v) is 0.634. The lowest BCUT2D eigenvalue weighted by Crippen LogP contribution is -2.25. The molecule has 9 heavy (non-hydrogen) atoms. The Kier molecular flexibility index (Phi) is 7.12. The van der Waals surface area contributed by atoms with Gasteiger partial charge in [-0.3, -0.25) is 0 Å². The molecule has 0 bridgehead atoms. The summed E-state index contributed by atoms with van der Waals surface area (Å²) in [6.45, 7) is 1.71. The van der Waals surface area contributed by atoms with Crippen molar-refractivity contribution in [2.24, 2.45) is 16.5 Å². The SMILES string of the molecule is C[C@@H](CO)N=C(N)N.Cl. The Labute approximate surface area is 60.4 Å². The van der Waals surface area contributed by atoms with E-state index in [0.717, 1.165) is 0 Å². The first-order valence-electron chi connectivity index (χ1n) is 2.36. The number of hydrogen-bond donors (Lipinski definition) is 3. The van der Waals surface area contributed by atoms with Crippen LogP contribution in [0.3, 0.4) is 0 Å². The number of aliphatic imine (C=N–C) groups is 1. The van der Waals surface area contributed by atoms with E-state index >= 15 is 0 Å². The number of guanidine groups is 1. The summed E-state index contributed by atoms with van der Waals surface area (Å²) < 4.78 is 0. The van der Waals surface area contributed by atoms with E-state index in [1.165, 1.54) is 0 Å². The fraction of sp³-hybridized carbons (Fsp3) is 0.750. The standard InChI is InChI=1S/C4H11N3O.ClH/c1-3(2-8)7-4(5)6;/h3,8H,2H2,1H3,(H4,5,6,7);1H/t3-;/m0./s1. The Morgan fingerprint density at radius 3 is 2.22 bits per heavy atom. The minimum atomic E-state index is -0.181. The number of aliphatic hydroxyl groups excluding tert-OH is 1. The van der Waals surface area contributed by atoms with Crippen molar-refractivity contribution in [3.8, 4) is 0 Å². The van der Waals surface area contributed by atoms with Gasteiger partial charge in [-0.1, -0.05) is 0 Å². The number of nitrogens with two attached hydrogens (primary N) is 2. The maximum atomic E-state index is 8.37. The second-order valence-corrected chi connectivity index (χ2v) is 1.59. The lowest BCUT2D eigenvalue weighted by atomic mass is 10.4. The van der Waals surface area contributed by atoms with Gasteiger partial charge in [0.15, 0.2) is 5.96 Å². The van der Waals surface area contributed by atoms with Crippen molar-refractivity contribution >= 4 is 18.4 Å². The predicted molar refractivity (Wildman–Crippen MR) is 39.6 cm³/mol. The number of aliphatic hydroxyl groups is 1. The maximum Gasteiger partial charge on any atom is 0.186 e. The molecule has 0 aromatic heterocycles. The quantitative estimate of drug-likeness (QED) is 0.354. The summed E-state index contributed by atoms with van der Waals surface area (Å²) in [6, 6.07) is -0.181. The Hall–Kier alpha value is -0.480. The van der Waals surface area contributed by atoms with Gasteiger partial charge in [-0.05, 0) is 6.92 Å². The van der Waals surface area contributed by atoms with Crippen LogP contribution in [-0.2, 0) is 0 Å². The van der Waals surface area contributed by atoms with Gasteiger partial charge in [0, 0.05) is 0 Å². The molecule has 0 aliphatic rings. The second kappa shape index (κ2) is 5.65. The molecule has 0 aliphatic carbocycles. The van der Waals surface area contributed by atoms with Crippen LogP contribution in [0.4, 0.5) is 0 Å². The molecule has 0 rings (SSSR count). The average molecular weight is 154 g/mol. The van der Waals surface area contributed by atoms with E-state index in [0.29, 0.717) is 0 Å². The summed E-state index contributed by atoms with van der Waals surface area (Å²) in [4.78, 5) is 3.62. The number of halogens is 1. The van der Waals surface area contributed by atoms with Gasteiger partial charge in [0.2, 0.25) is 0 Å². The van der Waals surface area contributed by atoms with Crippen LogP contribution in [0, 0.1) is 0 Å². The minimum absolute atomic E-state index is 0. The van der Waals surface area contributed by atoms with E-state index < -0.39 is 0 Å². The topological polar surface area (TPSA) is 84.6 Å². The molecule has 0 unspecified atom stereocenters. The van der Waals surface area contributed by atoms with Crippen LogP contribution in [0.15, 0.2) is 4.99 Å². The van der Waals surface area contributed by atoms with Crippen molar-refractivity contribution < 1.29 is 5.11 Å². The van der Waals surface area contributed by atoms with E-state index in [2.05, 4.69) is 4.99 Å². The van der Waals surface area contributed by atoms with E-state index in [-0.39, 0.29) is 31.0 Å². The zero-order chi connectivity index (χ0) is 6.57. The molecule has 0 heterocycles. The van der Waals surface area contributed by atoms with Gasteiger partial charge in [0.05, 0.1) is 12.6 Å². The maximum absolute atomic E-state index is 8.37. The van der Waals surface area contributed by atoms with Crippen molar-refractivity contribution in [1.82, 2.24) is 0 Å². The molecule has 0 radical (unpaired) electrons. The van der Waals surface area contributed by atoms with Gasteiger partial charge in [-0.2, -0.15) is 0 Å². The monoisotopic (exact) mass is 153 g/mol. The zero-order valence-electron chi connectivity index (χ0n) is 5.24. The summed E-state index contributed by atoms with van der Waals surface area (Å²) in [7, 11) is 0. The van der Waals surface area contributed by atoms with Crippen LogP contribution >= 0.6 is 12.4 Å². The van der Waals surface area contributed by atoms with E-state index in [9.17, 15) is 0 Å². The highest BCUT2D eigenvalue weighted by Crippen LogP contribution is 1.82. The summed E-state index contributed by atoms with van der Waals surface area (Å²) in [5.41, 5.74) is 9.97. The fourth-order valence-corrected chi connectivity index (χ4v) is 0.295. The third kappa shape index (κ3) is 7.52. The van der Waals surface area contributed by atoms with Crippen LogP contribution in [0.25, 0.3) is 0 Å². The van der Waals surface area contributed by atoms with Crippen molar-refractivity contribution in [2.75, 3.05) is 6.61 Å². The largest absolute Gasteiger partial charge is 0.394 e. The van der Waals surface area contributed by atoms with Crippen molar-refractivity contribution in [2.45, 2.75) is 13.0 Å². The van der Waals surface area contributed by atoms with Crippen LogP contribution in [0.5, 0.6) is 0 Å². The molecule has 5 N–H and O–H groups in total. The highest BCUT2D eigenvalue weighted by Gasteiger charge is 1.92. The molecule has 0 saturated carbocycles. The molecule has 4 nitrogen and oxygen atoms in total. The molecular weight excluding hydrogens is 142 g/mol. The molecule has 0 spiro atoms. The zero-order valence-corrected chi connectivity index (χ0v) is 6.06. The normalized spacial score (nSPS) is 11.3. The van der Waals surface area contributed by atoms with Crippen molar-refractivity contribution in [3.63, 3.8) is 0 Å². The van der Waals surface area contributed by atoms with Gasteiger partial charge in [-0.15, -0.1) is 12.4 Å². The van der Waals surface area contributed by atoms with Crippen molar-refractivity contribution in [3.05, 3.63) is 0 Å². The molecule has 0 aliphatic heterocycles. The first kappa shape index (κ1) is 11.3. The minimum Gasteiger partial charge on any atom is -0.394 e. The third-order valence-electron chi connectivity index (χ3n) is 0.634. The summed E-state index contributed by atoms with van der Waals surface area (Å²) in [5.74, 6) is 0.0200. The Morgan fingerprint density at radius 1 is 1.67 bits per heavy atom. The van der Waals surface area contributed by atoms with Crippen LogP contribution in [-0.4, -0.2) is 23.7 Å². The van der Waals surface area contributed by atoms with Crippen LogP contribution in [0.1, 0.15) is 6.92 Å². The van der Waals surface area contributed by atoms with E-state index in [4.69, 9.17) is 16.6 Å². The molecule has 56 valence electrons. The van der Waals surface area contributed by atoms with Gasteiger partial charge in [0.1, 0.15) is 0 Å².